The minimum absolute atomic E-state index is 0.791. The first-order valence-corrected chi connectivity index (χ1v) is 14.8. The van der Waals surface area contributed by atoms with Crippen LogP contribution >= 0.6 is 14.5 Å². The van der Waals surface area contributed by atoms with Crippen molar-refractivity contribution in [2.75, 3.05) is 6.16 Å². The number of benzene rings is 4. The van der Waals surface area contributed by atoms with Gasteiger partial charge in [0, 0.05) is 6.42 Å². The Morgan fingerprint density at radius 3 is 1.23 bits per heavy atom. The molecule has 2 unspecified atom stereocenters. The first-order chi connectivity index (χ1) is 14.9. The van der Waals surface area contributed by atoms with Gasteiger partial charge in [0.2, 0.25) is 5.40 Å². The lowest BCUT2D eigenvalue weighted by Gasteiger charge is -2.26. The normalized spacial score (nSPS) is 22.9. The molecule has 146 valence electrons. The van der Waals surface area contributed by atoms with Crippen molar-refractivity contribution < 1.29 is 0 Å². The second-order valence-electron chi connectivity index (χ2n) is 8.48. The molecule has 2 saturated heterocycles. The van der Waals surface area contributed by atoms with Crippen LogP contribution in [0.3, 0.4) is 0 Å². The lowest BCUT2D eigenvalue weighted by Crippen LogP contribution is -2.29. The first kappa shape index (κ1) is 18.5. The summed E-state index contributed by atoms with van der Waals surface area (Å²) in [6.45, 7) is 0. The summed E-state index contributed by atoms with van der Waals surface area (Å²) in [5.74, 6) is 0. The summed E-state index contributed by atoms with van der Waals surface area (Å²) in [5.41, 5.74) is 0.830. The molecule has 0 spiro atoms. The van der Waals surface area contributed by atoms with Gasteiger partial charge in [0.1, 0.15) is 35.7 Å². The van der Waals surface area contributed by atoms with Crippen LogP contribution in [0.25, 0.3) is 0 Å². The van der Waals surface area contributed by atoms with Crippen molar-refractivity contribution in [2.45, 2.75) is 17.5 Å². The van der Waals surface area contributed by atoms with Gasteiger partial charge in [-0.1, -0.05) is 72.8 Å². The highest BCUT2D eigenvalue weighted by atomic mass is 31.2. The van der Waals surface area contributed by atoms with Crippen molar-refractivity contribution >= 4 is 35.7 Å². The van der Waals surface area contributed by atoms with E-state index in [1.165, 1.54) is 12.6 Å². The Morgan fingerprint density at radius 2 is 0.833 bits per heavy atom. The van der Waals surface area contributed by atoms with Crippen LogP contribution in [-0.2, 0) is 0 Å². The Balaban J connectivity index is 1.61. The zero-order valence-corrected chi connectivity index (χ0v) is 18.8. The molecule has 0 N–H and O–H groups in total. The van der Waals surface area contributed by atoms with E-state index in [9.17, 15) is 0 Å². The molecule has 2 heteroatoms. The Morgan fingerprint density at radius 1 is 0.467 bits per heavy atom. The fourth-order valence-electron chi connectivity index (χ4n) is 6.10. The Labute approximate surface area is 180 Å². The van der Waals surface area contributed by atoms with Gasteiger partial charge in [0.05, 0.1) is 6.16 Å². The monoisotopic (exact) mass is 424 g/mol. The molecule has 2 aliphatic rings. The molecule has 2 atom stereocenters. The van der Waals surface area contributed by atoms with Crippen LogP contribution in [0.1, 0.15) is 6.42 Å². The molecule has 0 amide bonds. The van der Waals surface area contributed by atoms with E-state index in [4.69, 9.17) is 0 Å². The van der Waals surface area contributed by atoms with E-state index in [1.54, 1.807) is 21.2 Å². The zero-order chi connectivity index (χ0) is 20.0. The highest BCUT2D eigenvalue weighted by Crippen LogP contribution is 2.98. The van der Waals surface area contributed by atoms with Crippen molar-refractivity contribution in [3.8, 4) is 0 Å². The highest BCUT2D eigenvalue weighted by Gasteiger charge is 2.90. The van der Waals surface area contributed by atoms with E-state index < -0.39 is 14.5 Å². The summed E-state index contributed by atoms with van der Waals surface area (Å²) in [5, 5.41) is 7.23. The molecular formula is C28H26P2+2. The summed E-state index contributed by atoms with van der Waals surface area (Å²) in [4.78, 5) is 0. The number of rotatable bonds is 4. The Bertz CT molecular complexity index is 1060. The predicted octanol–water partition coefficient (Wildman–Crippen LogP) is 5.44. The smallest absolute Gasteiger partial charge is 0.0620 e. The van der Waals surface area contributed by atoms with Crippen LogP contribution in [0.2, 0.25) is 0 Å². The largest absolute Gasteiger partial charge is 0.224 e. The van der Waals surface area contributed by atoms with Gasteiger partial charge in [-0.15, -0.1) is 0 Å². The second kappa shape index (κ2) is 7.16. The second-order valence-corrected chi connectivity index (χ2v) is 16.5. The van der Waals surface area contributed by atoms with E-state index in [2.05, 4.69) is 121 Å². The van der Waals surface area contributed by atoms with E-state index in [0.29, 0.717) is 0 Å². The fourth-order valence-corrected chi connectivity index (χ4v) is 21.7. The molecule has 0 aromatic heterocycles. The zero-order valence-electron chi connectivity index (χ0n) is 17.0. The maximum Gasteiger partial charge on any atom is 0.224 e. The summed E-state index contributed by atoms with van der Waals surface area (Å²) in [7, 11) is -2.89. The molecule has 4 aromatic carbocycles. The molecule has 2 aliphatic heterocycles. The van der Waals surface area contributed by atoms with Gasteiger partial charge in [-0.3, -0.25) is 0 Å². The standard InChI is InChI=1S/C28H26P2/c1-5-13-23(14-6-1)29(24-15-7-2-8-16-24)22-21-27-28(29)30(27,25-17-9-3-10-18-25)26-19-11-4-12-20-26/h1-20,27-28H,21-22H2/q+2. The molecule has 30 heavy (non-hydrogen) atoms. The van der Waals surface area contributed by atoms with Crippen molar-refractivity contribution in [3.05, 3.63) is 121 Å². The third-order valence-electron chi connectivity index (χ3n) is 7.22. The summed E-state index contributed by atoms with van der Waals surface area (Å²) in [6.07, 6.45) is 2.72. The Kier molecular flexibility index (Phi) is 4.42. The van der Waals surface area contributed by atoms with Crippen molar-refractivity contribution in [1.82, 2.24) is 0 Å². The van der Waals surface area contributed by atoms with Crippen molar-refractivity contribution in [2.24, 2.45) is 0 Å². The van der Waals surface area contributed by atoms with Gasteiger partial charge in [0.25, 0.3) is 0 Å². The van der Waals surface area contributed by atoms with Crippen LogP contribution < -0.4 is 21.2 Å². The van der Waals surface area contributed by atoms with Gasteiger partial charge in [0.15, 0.2) is 5.66 Å². The molecule has 0 aliphatic carbocycles. The molecule has 2 fully saturated rings. The first-order valence-electron chi connectivity index (χ1n) is 10.9. The van der Waals surface area contributed by atoms with E-state index in [0.717, 1.165) is 11.1 Å². The van der Waals surface area contributed by atoms with Gasteiger partial charge < -0.3 is 0 Å². The topological polar surface area (TPSA) is 0 Å². The van der Waals surface area contributed by atoms with Crippen LogP contribution in [-0.4, -0.2) is 17.2 Å². The van der Waals surface area contributed by atoms with Gasteiger partial charge in [-0.05, 0) is 48.5 Å². The summed E-state index contributed by atoms with van der Waals surface area (Å²) < 4.78 is 0. The van der Waals surface area contributed by atoms with Crippen LogP contribution in [0.4, 0.5) is 0 Å². The molecule has 6 rings (SSSR count). The average Bonchev–Trinajstić information content (AvgIpc) is 3.35. The minimum atomic E-state index is -1.47. The highest BCUT2D eigenvalue weighted by molar-refractivity contribution is 8.12. The van der Waals surface area contributed by atoms with Crippen molar-refractivity contribution in [1.29, 1.82) is 0 Å². The van der Waals surface area contributed by atoms with E-state index in [-0.39, 0.29) is 0 Å². The molecule has 4 aromatic rings. The fraction of sp³-hybridized carbons (Fsp3) is 0.143. The number of hydrogen-bond donors (Lipinski definition) is 0. The maximum atomic E-state index is 2.42. The SMILES string of the molecule is c1ccc([P+]2(c3ccccc3)CCC3C2[P+]3(c2ccccc2)c2ccccc2)cc1. The molecule has 0 nitrogen and oxygen atoms in total. The van der Waals surface area contributed by atoms with Gasteiger partial charge >= 0.3 is 0 Å². The lowest BCUT2D eigenvalue weighted by molar-refractivity contribution is 1.01. The van der Waals surface area contributed by atoms with E-state index in [1.807, 2.05) is 0 Å². The lowest BCUT2D eigenvalue weighted by atomic mass is 10.4. The van der Waals surface area contributed by atoms with E-state index >= 15 is 0 Å². The maximum absolute atomic E-state index is 2.42. The quantitative estimate of drug-likeness (QED) is 0.383. The number of fused-ring (bicyclic) bond motifs is 1. The molecule has 2 heterocycles. The minimum Gasteiger partial charge on any atom is -0.0620 e. The molecule has 0 bridgehead atoms. The summed E-state index contributed by atoms with van der Waals surface area (Å²) >= 11 is 0. The Hall–Kier alpha value is -2.26. The van der Waals surface area contributed by atoms with Crippen LogP contribution in [0, 0.1) is 0 Å². The average molecular weight is 424 g/mol. The van der Waals surface area contributed by atoms with Gasteiger partial charge in [-0.25, -0.2) is 0 Å². The van der Waals surface area contributed by atoms with Gasteiger partial charge in [-0.2, -0.15) is 0 Å². The van der Waals surface area contributed by atoms with Crippen molar-refractivity contribution in [3.63, 3.8) is 0 Å². The third kappa shape index (κ3) is 2.48. The number of hydrogen-bond acceptors (Lipinski definition) is 0. The molecule has 0 radical (unpaired) electrons. The van der Waals surface area contributed by atoms with Crippen LogP contribution in [0.15, 0.2) is 121 Å². The molecule has 0 saturated carbocycles. The summed E-state index contributed by atoms with van der Waals surface area (Å²) in [6, 6.07) is 46.0. The third-order valence-corrected chi connectivity index (χ3v) is 19.2. The van der Waals surface area contributed by atoms with Crippen LogP contribution in [0.5, 0.6) is 0 Å². The molecular weight excluding hydrogens is 398 g/mol. The predicted molar refractivity (Wildman–Crippen MR) is 135 cm³/mol.